The Kier molecular flexibility index (Phi) is 12.7. The highest BCUT2D eigenvalue weighted by Gasteiger charge is 2.56. The SMILES string of the molecule is C=C1[C@@H](NC(=O)OC(C)(C)C)CSc2ccc(C(=O)NNC(=O)C34CC(CN(C(=O)OC(C)(C)C)C3)C4)cc2N1Cc1ccc(OC(F)(F)C(F)F)cc1.O.[HH].[HH].[HH]. The summed E-state index contributed by atoms with van der Waals surface area (Å²) >= 11 is 1.38. The molecule has 6 rings (SSSR count). The van der Waals surface area contributed by atoms with Gasteiger partial charge in [-0.15, -0.1) is 11.8 Å². The summed E-state index contributed by atoms with van der Waals surface area (Å²) in [4.78, 5) is 56.4. The summed E-state index contributed by atoms with van der Waals surface area (Å²) in [5.41, 5.74) is 4.33. The standard InChI is InChI=1S/C37H45F4N5O7S.H2O.3H2/c1-21-26(42-32(49)52-34(2,3)4)19-54-28-13-10-24(14-27(28)46(21)18-22-8-11-25(12-9-22)51-37(40,41)30(38)39)29(47)43-44-31(48)36-15-23(16-36)17-45(20-36)33(50)53-35(5,6)7;;;;/h8-14,23,26,30H,1,15-20H2,2-7H3,(H,42,49)(H,43,47)(H,44,48);1H2;3*1H/t23?,26-,36?;;;;/m0..../s1. The molecule has 1 atom stereocenters. The largest absolute Gasteiger partial charge is 0.461 e. The van der Waals surface area contributed by atoms with Crippen LogP contribution in [0.5, 0.6) is 5.75 Å². The minimum Gasteiger partial charge on any atom is -0.444 e. The van der Waals surface area contributed by atoms with Crippen LogP contribution in [0.3, 0.4) is 0 Å². The van der Waals surface area contributed by atoms with Gasteiger partial charge in [0.15, 0.2) is 0 Å². The van der Waals surface area contributed by atoms with Crippen LogP contribution in [-0.2, 0) is 20.8 Å². The molecule has 18 heteroatoms. The van der Waals surface area contributed by atoms with Crippen molar-refractivity contribution in [1.82, 2.24) is 21.1 Å². The van der Waals surface area contributed by atoms with Gasteiger partial charge in [-0.05, 0) is 96.2 Å². The second kappa shape index (κ2) is 16.2. The average molecular weight is 804 g/mol. The lowest BCUT2D eigenvalue weighted by Crippen LogP contribution is -2.65. The number of thioether (sulfide) groups is 1. The number of fused-ring (bicyclic) bond motifs is 3. The van der Waals surface area contributed by atoms with Crippen LogP contribution in [0.2, 0.25) is 0 Å². The number of hydrazine groups is 1. The molecule has 4 amide bonds. The van der Waals surface area contributed by atoms with Crippen LogP contribution in [-0.4, -0.2) is 83.0 Å². The number of carbonyl (C=O) groups excluding carboxylic acids is 4. The van der Waals surface area contributed by atoms with Gasteiger partial charge in [0, 0.05) is 45.8 Å². The van der Waals surface area contributed by atoms with E-state index in [4.69, 9.17) is 9.47 Å². The van der Waals surface area contributed by atoms with Crippen LogP contribution in [0.1, 0.15) is 74.6 Å². The number of nitrogens with one attached hydrogen (secondary N) is 3. The Bertz CT molecular complexity index is 1790. The molecule has 3 fully saturated rings. The van der Waals surface area contributed by atoms with E-state index in [2.05, 4.69) is 27.5 Å². The molecular formula is C37H53F4N5O8S. The second-order valence-corrected chi connectivity index (χ2v) is 16.8. The highest BCUT2D eigenvalue weighted by atomic mass is 32.2. The lowest BCUT2D eigenvalue weighted by molar-refractivity contribution is -0.253. The third-order valence-electron chi connectivity index (χ3n) is 8.88. The highest BCUT2D eigenvalue weighted by molar-refractivity contribution is 7.99. The van der Waals surface area contributed by atoms with Crippen LogP contribution in [0.25, 0.3) is 0 Å². The maximum absolute atomic E-state index is 13.5. The molecule has 5 N–H and O–H groups in total. The van der Waals surface area contributed by atoms with Crippen molar-refractivity contribution in [2.45, 2.75) is 95.6 Å². The van der Waals surface area contributed by atoms with E-state index < -0.39 is 64.9 Å². The van der Waals surface area contributed by atoms with E-state index in [-0.39, 0.29) is 34.3 Å². The normalized spacial score (nSPS) is 20.9. The summed E-state index contributed by atoms with van der Waals surface area (Å²) in [6, 6.07) is 9.34. The predicted octanol–water partition coefficient (Wildman–Crippen LogP) is 6.76. The predicted molar refractivity (Wildman–Crippen MR) is 202 cm³/mol. The number of anilines is 1. The summed E-state index contributed by atoms with van der Waals surface area (Å²) in [5.74, 6) is -1.03. The van der Waals surface area contributed by atoms with Gasteiger partial charge < -0.3 is 34.8 Å². The number of ether oxygens (including phenoxy) is 3. The van der Waals surface area contributed by atoms with Crippen LogP contribution in [0, 0.1) is 11.3 Å². The summed E-state index contributed by atoms with van der Waals surface area (Å²) in [7, 11) is 0. The Labute approximate surface area is 325 Å². The van der Waals surface area contributed by atoms with Gasteiger partial charge in [-0.1, -0.05) is 18.7 Å². The number of alkyl halides is 4. The maximum atomic E-state index is 13.5. The number of rotatable bonds is 8. The van der Waals surface area contributed by atoms with Crippen LogP contribution in [0.15, 0.2) is 59.6 Å². The monoisotopic (exact) mass is 803 g/mol. The van der Waals surface area contributed by atoms with Gasteiger partial charge in [0.05, 0.1) is 17.1 Å². The average Bonchev–Trinajstić information content (AvgIpc) is 3.17. The number of nitrogens with zero attached hydrogens (tertiary/aromatic N) is 2. The maximum Gasteiger partial charge on any atom is 0.461 e. The Hall–Kier alpha value is -4.71. The third-order valence-corrected chi connectivity index (χ3v) is 10.0. The number of halogens is 4. The smallest absolute Gasteiger partial charge is 0.444 e. The minimum atomic E-state index is -4.68. The fourth-order valence-electron chi connectivity index (χ4n) is 6.50. The van der Waals surface area contributed by atoms with Crippen molar-refractivity contribution in [3.05, 3.63) is 65.9 Å². The van der Waals surface area contributed by atoms with Gasteiger partial charge in [-0.2, -0.15) is 17.6 Å². The lowest BCUT2D eigenvalue weighted by atomic mass is 9.58. The van der Waals surface area contributed by atoms with Gasteiger partial charge in [0.25, 0.3) is 5.91 Å². The number of carbonyl (C=O) groups is 4. The zero-order chi connectivity index (χ0) is 39.8. The molecule has 2 saturated heterocycles. The fourth-order valence-corrected chi connectivity index (χ4v) is 7.60. The Morgan fingerprint density at radius 1 is 0.982 bits per heavy atom. The van der Waals surface area contributed by atoms with E-state index in [0.717, 1.165) is 12.1 Å². The quantitative estimate of drug-likeness (QED) is 0.193. The highest BCUT2D eigenvalue weighted by Crippen LogP contribution is 2.51. The van der Waals surface area contributed by atoms with E-state index in [1.54, 1.807) is 64.6 Å². The summed E-state index contributed by atoms with van der Waals surface area (Å²) < 4.78 is 67.6. The van der Waals surface area contributed by atoms with E-state index >= 15 is 0 Å². The van der Waals surface area contributed by atoms with Crippen molar-refractivity contribution in [3.63, 3.8) is 0 Å². The molecule has 1 saturated carbocycles. The number of benzene rings is 2. The summed E-state index contributed by atoms with van der Waals surface area (Å²) in [6.07, 6.45) is -8.73. The summed E-state index contributed by atoms with van der Waals surface area (Å²) in [6.45, 7) is 15.4. The van der Waals surface area contributed by atoms with Crippen molar-refractivity contribution >= 4 is 41.5 Å². The molecule has 2 aromatic carbocycles. The van der Waals surface area contributed by atoms with Gasteiger partial charge >= 0.3 is 24.7 Å². The van der Waals surface area contributed by atoms with E-state index in [0.29, 0.717) is 47.0 Å². The van der Waals surface area contributed by atoms with Crippen molar-refractivity contribution in [3.8, 4) is 5.75 Å². The lowest BCUT2D eigenvalue weighted by Gasteiger charge is -2.54. The number of hydrogen-bond donors (Lipinski definition) is 3. The Balaban J connectivity index is 0.00000420. The molecular weight excluding hydrogens is 750 g/mol. The molecule has 1 aliphatic carbocycles. The van der Waals surface area contributed by atoms with Crippen molar-refractivity contribution in [2.75, 3.05) is 23.7 Å². The van der Waals surface area contributed by atoms with Gasteiger partial charge in [-0.25, -0.2) is 9.59 Å². The molecule has 55 heavy (non-hydrogen) atoms. The van der Waals surface area contributed by atoms with Crippen molar-refractivity contribution < 1.29 is 60.7 Å². The molecule has 4 aliphatic rings. The molecule has 3 heterocycles. The van der Waals surface area contributed by atoms with Crippen LogP contribution < -0.4 is 25.8 Å². The van der Waals surface area contributed by atoms with Gasteiger partial charge in [0.2, 0.25) is 5.91 Å². The molecule has 0 aromatic heterocycles. The Morgan fingerprint density at radius 3 is 2.22 bits per heavy atom. The molecule has 2 bridgehead atoms. The first kappa shape index (κ1) is 43.0. The zero-order valence-electron chi connectivity index (χ0n) is 31.4. The zero-order valence-corrected chi connectivity index (χ0v) is 32.2. The first-order valence-corrected chi connectivity index (χ1v) is 18.3. The molecule has 13 nitrogen and oxygen atoms in total. The number of amides is 4. The first-order chi connectivity index (χ1) is 25.0. The molecule has 0 radical (unpaired) electrons. The number of alkyl carbamates (subject to hydrolysis) is 1. The second-order valence-electron chi connectivity index (χ2n) is 15.7. The number of hydrogen-bond acceptors (Lipinski definition) is 9. The van der Waals surface area contributed by atoms with Crippen molar-refractivity contribution in [2.24, 2.45) is 11.3 Å². The van der Waals surface area contributed by atoms with Gasteiger partial charge in [-0.3, -0.25) is 20.4 Å². The molecule has 0 unspecified atom stereocenters. The molecule has 0 spiro atoms. The van der Waals surface area contributed by atoms with E-state index in [1.807, 2.05) is 0 Å². The van der Waals surface area contributed by atoms with Crippen LogP contribution >= 0.6 is 11.8 Å². The number of piperidine rings is 2. The molecule has 3 aliphatic heterocycles. The minimum absolute atomic E-state index is 0. The van der Waals surface area contributed by atoms with E-state index in [9.17, 15) is 36.7 Å². The third kappa shape index (κ3) is 10.5. The molecule has 308 valence electrons. The van der Waals surface area contributed by atoms with Crippen molar-refractivity contribution in [1.29, 1.82) is 0 Å². The summed E-state index contributed by atoms with van der Waals surface area (Å²) in [5, 5.41) is 2.83. The fraction of sp³-hybridized carbons (Fsp3) is 0.514. The first-order valence-electron chi connectivity index (χ1n) is 17.3. The topological polar surface area (TPSA) is 170 Å². The van der Waals surface area contributed by atoms with E-state index in [1.165, 1.54) is 28.8 Å². The molecule has 2 aromatic rings. The Morgan fingerprint density at radius 2 is 1.62 bits per heavy atom. The van der Waals surface area contributed by atoms with Gasteiger partial charge in [0.1, 0.15) is 17.0 Å². The van der Waals surface area contributed by atoms with Crippen LogP contribution in [0.4, 0.5) is 32.8 Å².